The van der Waals surface area contributed by atoms with Gasteiger partial charge in [0.1, 0.15) is 0 Å². The molecule has 1 aromatic heterocycles. The molecule has 0 unspecified atom stereocenters. The quantitative estimate of drug-likeness (QED) is 0.485. The maximum atomic E-state index is 13.0. The summed E-state index contributed by atoms with van der Waals surface area (Å²) in [5.41, 5.74) is 2.91. The van der Waals surface area contributed by atoms with Crippen molar-refractivity contribution >= 4 is 28.4 Å². The van der Waals surface area contributed by atoms with E-state index in [1.54, 1.807) is 0 Å². The second kappa shape index (κ2) is 10.9. The highest BCUT2D eigenvalue weighted by atomic mass is 35.5. The Morgan fingerprint density at radius 1 is 0.941 bits per heavy atom. The molecule has 5 rings (SSSR count). The molecule has 2 fully saturated rings. The largest absolute Gasteiger partial charge is 0.348 e. The molecule has 180 valence electrons. The van der Waals surface area contributed by atoms with Crippen LogP contribution < -0.4 is 5.32 Å². The van der Waals surface area contributed by atoms with E-state index in [1.165, 1.54) is 51.9 Å². The van der Waals surface area contributed by atoms with Gasteiger partial charge in [-0.1, -0.05) is 41.9 Å². The van der Waals surface area contributed by atoms with Crippen LogP contribution in [0.1, 0.15) is 48.0 Å². The Labute approximate surface area is 207 Å². The van der Waals surface area contributed by atoms with Crippen LogP contribution in [0.5, 0.6) is 0 Å². The van der Waals surface area contributed by atoms with Gasteiger partial charge in [0.05, 0.1) is 5.56 Å². The van der Waals surface area contributed by atoms with E-state index in [0.717, 1.165) is 47.6 Å². The Hall–Kier alpha value is -2.34. The molecule has 5 nitrogen and oxygen atoms in total. The molecule has 1 amide bonds. The van der Waals surface area contributed by atoms with E-state index in [-0.39, 0.29) is 5.91 Å². The number of rotatable bonds is 8. The second-order valence-electron chi connectivity index (χ2n) is 9.73. The maximum absolute atomic E-state index is 13.0. The highest BCUT2D eigenvalue weighted by Crippen LogP contribution is 2.23. The van der Waals surface area contributed by atoms with Crippen molar-refractivity contribution in [3.05, 3.63) is 70.9 Å². The first-order valence-corrected chi connectivity index (χ1v) is 13.1. The lowest BCUT2D eigenvalue weighted by atomic mass is 10.0. The lowest BCUT2D eigenvalue weighted by Gasteiger charge is -2.36. The third kappa shape index (κ3) is 5.48. The molecule has 0 spiro atoms. The standard InChI is InChI=1S/C28H35ClN4O/c29-23-10-8-22(9-11-23)20-30-28(34)26-21-33(27-7-2-1-6-25(26)27)17-5-14-31-18-12-24(13-19-31)32-15-3-4-16-32/h1-2,6-11,21,24H,3-5,12-20H2,(H,30,34). The molecule has 1 N–H and O–H groups in total. The van der Waals surface area contributed by atoms with Crippen LogP contribution in [0.25, 0.3) is 10.9 Å². The van der Waals surface area contributed by atoms with Gasteiger partial charge in [0.25, 0.3) is 5.91 Å². The molecular weight excluding hydrogens is 444 g/mol. The van der Waals surface area contributed by atoms with E-state index in [4.69, 9.17) is 11.6 Å². The van der Waals surface area contributed by atoms with Gasteiger partial charge in [0, 0.05) is 41.3 Å². The van der Waals surface area contributed by atoms with Crippen LogP contribution in [0.3, 0.4) is 0 Å². The van der Waals surface area contributed by atoms with E-state index in [0.29, 0.717) is 11.6 Å². The summed E-state index contributed by atoms with van der Waals surface area (Å²) in [6.07, 6.45) is 8.51. The van der Waals surface area contributed by atoms with Gasteiger partial charge >= 0.3 is 0 Å². The van der Waals surface area contributed by atoms with Gasteiger partial charge in [-0.15, -0.1) is 0 Å². The molecule has 2 saturated heterocycles. The molecule has 2 aliphatic heterocycles. The number of likely N-dealkylation sites (tertiary alicyclic amines) is 2. The van der Waals surface area contributed by atoms with Crippen LogP contribution in [0.15, 0.2) is 54.7 Å². The zero-order valence-corrected chi connectivity index (χ0v) is 20.6. The van der Waals surface area contributed by atoms with Crippen molar-refractivity contribution < 1.29 is 4.79 Å². The topological polar surface area (TPSA) is 40.5 Å². The fourth-order valence-corrected chi connectivity index (χ4v) is 5.70. The molecule has 3 aromatic rings. The number of carbonyl (C=O) groups is 1. The van der Waals surface area contributed by atoms with Crippen LogP contribution in [0.4, 0.5) is 0 Å². The van der Waals surface area contributed by atoms with Crippen molar-refractivity contribution in [1.82, 2.24) is 19.7 Å². The summed E-state index contributed by atoms with van der Waals surface area (Å²) in [7, 11) is 0. The van der Waals surface area contributed by atoms with Gasteiger partial charge in [-0.2, -0.15) is 0 Å². The number of aromatic nitrogens is 1. The summed E-state index contributed by atoms with van der Waals surface area (Å²) in [5.74, 6) is -0.0334. The minimum Gasteiger partial charge on any atom is -0.348 e. The Morgan fingerprint density at radius 3 is 2.44 bits per heavy atom. The molecule has 0 bridgehead atoms. The zero-order valence-electron chi connectivity index (χ0n) is 19.9. The summed E-state index contributed by atoms with van der Waals surface area (Å²) in [6.45, 7) is 7.58. The number of hydrogen-bond donors (Lipinski definition) is 1. The Kier molecular flexibility index (Phi) is 7.53. The van der Waals surface area contributed by atoms with E-state index >= 15 is 0 Å². The average molecular weight is 479 g/mol. The van der Waals surface area contributed by atoms with Gasteiger partial charge in [-0.3, -0.25) is 4.79 Å². The van der Waals surface area contributed by atoms with E-state index in [9.17, 15) is 4.79 Å². The number of halogens is 1. The van der Waals surface area contributed by atoms with Gasteiger partial charge in [0.15, 0.2) is 0 Å². The monoisotopic (exact) mass is 478 g/mol. The molecule has 0 aliphatic carbocycles. The second-order valence-corrected chi connectivity index (χ2v) is 10.2. The predicted molar refractivity (Wildman–Crippen MR) is 139 cm³/mol. The predicted octanol–water partition coefficient (Wildman–Crippen LogP) is 5.18. The summed E-state index contributed by atoms with van der Waals surface area (Å²) < 4.78 is 2.25. The summed E-state index contributed by atoms with van der Waals surface area (Å²) in [5, 5.41) is 4.79. The van der Waals surface area contributed by atoms with Crippen molar-refractivity contribution in [2.75, 3.05) is 32.7 Å². The van der Waals surface area contributed by atoms with Crippen LogP contribution in [0, 0.1) is 0 Å². The highest BCUT2D eigenvalue weighted by molar-refractivity contribution is 6.30. The van der Waals surface area contributed by atoms with Gasteiger partial charge in [0.2, 0.25) is 0 Å². The molecule has 34 heavy (non-hydrogen) atoms. The number of amides is 1. The lowest BCUT2D eigenvalue weighted by molar-refractivity contribution is 0.0952. The van der Waals surface area contributed by atoms with E-state index in [2.05, 4.69) is 31.8 Å². The van der Waals surface area contributed by atoms with Crippen molar-refractivity contribution in [3.63, 3.8) is 0 Å². The Balaban J connectivity index is 1.16. The van der Waals surface area contributed by atoms with E-state index in [1.807, 2.05) is 42.6 Å². The minimum atomic E-state index is -0.0334. The Bertz CT molecular complexity index is 1100. The number of carbonyl (C=O) groups excluding carboxylic acids is 1. The van der Waals surface area contributed by atoms with E-state index < -0.39 is 0 Å². The smallest absolute Gasteiger partial charge is 0.253 e. The molecule has 0 saturated carbocycles. The third-order valence-corrected chi connectivity index (χ3v) is 7.74. The number of aryl methyl sites for hydroxylation is 1. The molecular formula is C28H35ClN4O. The number of nitrogens with one attached hydrogen (secondary N) is 1. The van der Waals surface area contributed by atoms with Crippen LogP contribution in [0.2, 0.25) is 5.02 Å². The van der Waals surface area contributed by atoms with Crippen LogP contribution in [-0.4, -0.2) is 59.0 Å². The maximum Gasteiger partial charge on any atom is 0.253 e. The number of hydrogen-bond acceptors (Lipinski definition) is 3. The zero-order chi connectivity index (χ0) is 23.3. The van der Waals surface area contributed by atoms with Crippen molar-refractivity contribution in [3.8, 4) is 0 Å². The summed E-state index contributed by atoms with van der Waals surface area (Å²) in [6, 6.07) is 16.6. The van der Waals surface area contributed by atoms with Gasteiger partial charge in [-0.25, -0.2) is 0 Å². The normalized spacial score (nSPS) is 18.0. The summed E-state index contributed by atoms with van der Waals surface area (Å²) in [4.78, 5) is 18.3. The summed E-state index contributed by atoms with van der Waals surface area (Å²) >= 11 is 5.97. The molecule has 6 heteroatoms. The Morgan fingerprint density at radius 2 is 1.68 bits per heavy atom. The number of benzene rings is 2. The number of nitrogens with zero attached hydrogens (tertiary/aromatic N) is 3. The van der Waals surface area contributed by atoms with Gasteiger partial charge in [-0.05, 0) is 88.6 Å². The molecule has 0 radical (unpaired) electrons. The number of piperidine rings is 1. The third-order valence-electron chi connectivity index (χ3n) is 7.49. The van der Waals surface area contributed by atoms with Crippen molar-refractivity contribution in [2.24, 2.45) is 0 Å². The van der Waals surface area contributed by atoms with Crippen LogP contribution in [-0.2, 0) is 13.1 Å². The number of para-hydroxylation sites is 1. The highest BCUT2D eigenvalue weighted by Gasteiger charge is 2.26. The molecule has 2 aliphatic rings. The molecule has 0 atom stereocenters. The molecule has 3 heterocycles. The average Bonchev–Trinajstić information content (AvgIpc) is 3.53. The minimum absolute atomic E-state index is 0.0334. The SMILES string of the molecule is O=C(NCc1ccc(Cl)cc1)c1cn(CCCN2CCC(N3CCCC3)CC2)c2ccccc12. The fraction of sp³-hybridized carbons (Fsp3) is 0.464. The van der Waals surface area contributed by atoms with Crippen LogP contribution >= 0.6 is 11.6 Å². The first-order valence-electron chi connectivity index (χ1n) is 12.7. The van der Waals surface area contributed by atoms with Crippen molar-refractivity contribution in [1.29, 1.82) is 0 Å². The first-order chi connectivity index (χ1) is 16.7. The van der Waals surface area contributed by atoms with Crippen molar-refractivity contribution in [2.45, 2.75) is 51.2 Å². The lowest BCUT2D eigenvalue weighted by Crippen LogP contribution is -2.44. The van der Waals surface area contributed by atoms with Gasteiger partial charge < -0.3 is 19.7 Å². The fourth-order valence-electron chi connectivity index (χ4n) is 5.57. The molecule has 2 aromatic carbocycles. The first kappa shape index (κ1) is 23.4. The number of fused-ring (bicyclic) bond motifs is 1.